The smallest absolute Gasteiger partial charge is 0.256 e. The van der Waals surface area contributed by atoms with Crippen LogP contribution in [0.5, 0.6) is 0 Å². The van der Waals surface area contributed by atoms with Crippen LogP contribution in [0.4, 0.5) is 8.78 Å². The normalized spacial score (nSPS) is 13.2. The highest BCUT2D eigenvalue weighted by Crippen LogP contribution is 2.39. The average Bonchev–Trinajstić information content (AvgIpc) is 3.34. The Balaban J connectivity index is 1.90. The lowest BCUT2D eigenvalue weighted by Crippen LogP contribution is -2.44. The minimum absolute atomic E-state index is 0.148. The summed E-state index contributed by atoms with van der Waals surface area (Å²) >= 11 is 6.19. The summed E-state index contributed by atoms with van der Waals surface area (Å²) < 4.78 is 30.0. The lowest BCUT2D eigenvalue weighted by Gasteiger charge is -2.40. The number of carbonyl (C=O) groups is 1. The predicted molar refractivity (Wildman–Crippen MR) is 152 cm³/mol. The number of alkyl halides is 1. The molecule has 2 aromatic heterocycles. The molecule has 0 spiro atoms. The molecule has 0 fully saturated rings. The van der Waals surface area contributed by atoms with Crippen molar-refractivity contribution in [1.82, 2.24) is 24.6 Å². The van der Waals surface area contributed by atoms with Gasteiger partial charge in [-0.15, -0.1) is 0 Å². The first-order chi connectivity index (χ1) is 19.1. The van der Waals surface area contributed by atoms with Gasteiger partial charge in [0.1, 0.15) is 12.5 Å². The number of aromatic nitrogens is 4. The van der Waals surface area contributed by atoms with Gasteiger partial charge in [-0.2, -0.15) is 5.10 Å². The zero-order chi connectivity index (χ0) is 28.9. The molecule has 0 bridgehead atoms. The van der Waals surface area contributed by atoms with E-state index in [4.69, 9.17) is 27.4 Å². The van der Waals surface area contributed by atoms with E-state index in [0.29, 0.717) is 23.0 Å². The van der Waals surface area contributed by atoms with E-state index in [2.05, 4.69) is 4.98 Å². The van der Waals surface area contributed by atoms with Crippen molar-refractivity contribution in [3.8, 4) is 11.4 Å². The molecule has 4 aromatic rings. The molecular formula is C30H33ClF2N6O. The Labute approximate surface area is 238 Å². The largest absolute Gasteiger partial charge is 0.328 e. The molecule has 4 rings (SSSR count). The number of amides is 1. The number of nitrogens with zero attached hydrogens (tertiary/aromatic N) is 5. The fraction of sp³-hybridized carbons (Fsp3) is 0.333. The Kier molecular flexibility index (Phi) is 9.27. The molecule has 0 aliphatic carbocycles. The molecule has 2 aromatic carbocycles. The van der Waals surface area contributed by atoms with E-state index in [0.717, 1.165) is 5.56 Å². The van der Waals surface area contributed by atoms with Gasteiger partial charge < -0.3 is 10.6 Å². The Morgan fingerprint density at radius 1 is 1.12 bits per heavy atom. The molecule has 2 atom stereocenters. The second-order valence-corrected chi connectivity index (χ2v) is 11.2. The van der Waals surface area contributed by atoms with Gasteiger partial charge in [0.2, 0.25) is 0 Å². The molecular weight excluding hydrogens is 534 g/mol. The van der Waals surface area contributed by atoms with Crippen molar-refractivity contribution in [2.45, 2.75) is 45.8 Å². The first-order valence-corrected chi connectivity index (χ1v) is 13.4. The summed E-state index contributed by atoms with van der Waals surface area (Å²) in [5.41, 5.74) is 6.85. The van der Waals surface area contributed by atoms with Crippen molar-refractivity contribution in [2.75, 3.05) is 13.2 Å². The van der Waals surface area contributed by atoms with Crippen LogP contribution in [0.1, 0.15) is 55.0 Å². The molecule has 1 amide bonds. The molecule has 0 aliphatic rings. The van der Waals surface area contributed by atoms with E-state index in [1.165, 1.54) is 24.4 Å². The van der Waals surface area contributed by atoms with Gasteiger partial charge in [-0.25, -0.2) is 18.4 Å². The first-order valence-electron chi connectivity index (χ1n) is 13.0. The van der Waals surface area contributed by atoms with Crippen molar-refractivity contribution >= 4 is 17.5 Å². The molecule has 1 unspecified atom stereocenters. The molecule has 2 heterocycles. The molecule has 2 N–H and O–H groups in total. The fourth-order valence-electron chi connectivity index (χ4n) is 4.59. The van der Waals surface area contributed by atoms with Gasteiger partial charge >= 0.3 is 0 Å². The van der Waals surface area contributed by atoms with Crippen molar-refractivity contribution in [1.29, 1.82) is 0 Å². The van der Waals surface area contributed by atoms with Gasteiger partial charge in [0.05, 0.1) is 23.7 Å². The number of rotatable bonds is 10. The van der Waals surface area contributed by atoms with Crippen LogP contribution in [0, 0.1) is 11.2 Å². The maximum Gasteiger partial charge on any atom is 0.256 e. The Hall–Kier alpha value is -3.69. The van der Waals surface area contributed by atoms with Crippen molar-refractivity contribution < 1.29 is 13.6 Å². The number of benzene rings is 2. The highest BCUT2D eigenvalue weighted by molar-refractivity contribution is 6.30. The molecule has 0 saturated heterocycles. The predicted octanol–water partition coefficient (Wildman–Crippen LogP) is 6.10. The van der Waals surface area contributed by atoms with Crippen LogP contribution >= 0.6 is 11.6 Å². The summed E-state index contributed by atoms with van der Waals surface area (Å²) in [5, 5.41) is 5.06. The average molecular weight is 567 g/mol. The summed E-state index contributed by atoms with van der Waals surface area (Å²) in [6.07, 6.45) is 3.31. The van der Waals surface area contributed by atoms with E-state index in [-0.39, 0.29) is 30.3 Å². The maximum atomic E-state index is 14.9. The lowest BCUT2D eigenvalue weighted by atomic mass is 9.84. The van der Waals surface area contributed by atoms with E-state index in [1.807, 2.05) is 51.1 Å². The maximum absolute atomic E-state index is 14.9. The van der Waals surface area contributed by atoms with Gasteiger partial charge in [0, 0.05) is 30.0 Å². The molecule has 10 heteroatoms. The first kappa shape index (κ1) is 29.3. The summed E-state index contributed by atoms with van der Waals surface area (Å²) in [7, 11) is 0. The standard InChI is InChI=1S/C30H33ClF2N6O/c1-30(2,3)26(38(15-13-23(34)17-32)29(40)21-10-7-14-35-18-21)28-36-27(24-16-22(31)11-12-25(24)33)37-39(28)19-20-8-5-4-6-9-20/h4-12,14,16,18,23,26H,13,15,17,19,34H2,1-3H3/t23-,26?/m0/s1. The number of carbonyl (C=O) groups excluding carboxylic acids is 1. The minimum Gasteiger partial charge on any atom is -0.328 e. The summed E-state index contributed by atoms with van der Waals surface area (Å²) in [4.78, 5) is 24.6. The molecule has 0 saturated carbocycles. The van der Waals surface area contributed by atoms with Crippen LogP contribution < -0.4 is 5.73 Å². The van der Waals surface area contributed by atoms with Gasteiger partial charge in [-0.05, 0) is 47.7 Å². The van der Waals surface area contributed by atoms with E-state index >= 15 is 0 Å². The van der Waals surface area contributed by atoms with E-state index in [1.54, 1.807) is 27.9 Å². The van der Waals surface area contributed by atoms with Gasteiger partial charge in [0.15, 0.2) is 11.6 Å². The monoisotopic (exact) mass is 566 g/mol. The highest BCUT2D eigenvalue weighted by atomic mass is 35.5. The highest BCUT2D eigenvalue weighted by Gasteiger charge is 2.39. The lowest BCUT2D eigenvalue weighted by molar-refractivity contribution is 0.0469. The van der Waals surface area contributed by atoms with Gasteiger partial charge in [-0.1, -0.05) is 62.7 Å². The van der Waals surface area contributed by atoms with Crippen molar-refractivity contribution in [3.05, 3.63) is 101 Å². The quantitative estimate of drug-likeness (QED) is 0.251. The fourth-order valence-corrected chi connectivity index (χ4v) is 4.76. The minimum atomic E-state index is -0.733. The van der Waals surface area contributed by atoms with Crippen LogP contribution in [0.3, 0.4) is 0 Å². The zero-order valence-corrected chi connectivity index (χ0v) is 23.5. The number of hydrogen-bond acceptors (Lipinski definition) is 5. The third-order valence-corrected chi connectivity index (χ3v) is 6.76. The number of hydrogen-bond donors (Lipinski definition) is 1. The van der Waals surface area contributed by atoms with Crippen LogP contribution in [-0.2, 0) is 6.54 Å². The third-order valence-electron chi connectivity index (χ3n) is 6.53. The van der Waals surface area contributed by atoms with Crippen LogP contribution in [0.15, 0.2) is 73.1 Å². The van der Waals surface area contributed by atoms with Crippen molar-refractivity contribution in [2.24, 2.45) is 11.1 Å². The van der Waals surface area contributed by atoms with E-state index in [9.17, 15) is 13.6 Å². The molecule has 0 radical (unpaired) electrons. The van der Waals surface area contributed by atoms with E-state index < -0.39 is 30.0 Å². The van der Waals surface area contributed by atoms with Crippen LogP contribution in [-0.4, -0.2) is 49.8 Å². The van der Waals surface area contributed by atoms with Crippen molar-refractivity contribution in [3.63, 3.8) is 0 Å². The summed E-state index contributed by atoms with van der Waals surface area (Å²) in [5.74, 6) is -0.215. The second kappa shape index (κ2) is 12.7. The topological polar surface area (TPSA) is 89.9 Å². The third kappa shape index (κ3) is 6.89. The zero-order valence-electron chi connectivity index (χ0n) is 22.8. The SMILES string of the molecule is CC(C)(C)C(c1nc(-c2cc(Cl)ccc2F)nn1Cc1ccccc1)N(CC[C@H](N)CF)C(=O)c1cccnc1. The summed E-state index contributed by atoms with van der Waals surface area (Å²) in [6.45, 7) is 5.74. The molecule has 210 valence electrons. The number of pyridine rings is 1. The number of nitrogens with two attached hydrogens (primary N) is 1. The Bertz CT molecular complexity index is 1430. The number of halogens is 3. The Morgan fingerprint density at radius 3 is 2.52 bits per heavy atom. The summed E-state index contributed by atoms with van der Waals surface area (Å²) in [6, 6.07) is 15.9. The van der Waals surface area contributed by atoms with Gasteiger partial charge in [-0.3, -0.25) is 9.78 Å². The second-order valence-electron chi connectivity index (χ2n) is 10.8. The van der Waals surface area contributed by atoms with Gasteiger partial charge in [0.25, 0.3) is 5.91 Å². The molecule has 7 nitrogen and oxygen atoms in total. The molecule has 40 heavy (non-hydrogen) atoms. The molecule has 0 aliphatic heterocycles. The van der Waals surface area contributed by atoms with Crippen LogP contribution in [0.2, 0.25) is 5.02 Å². The van der Waals surface area contributed by atoms with Crippen LogP contribution in [0.25, 0.3) is 11.4 Å². The Morgan fingerprint density at radius 2 is 1.88 bits per heavy atom.